The van der Waals surface area contributed by atoms with E-state index in [9.17, 15) is 0 Å². The molecule has 0 amide bonds. The fourth-order valence-corrected chi connectivity index (χ4v) is 2.73. The molecule has 2 aromatic rings. The SMILES string of the molecule is CCNC(Cc1cc(C)nn1CC)c1ccoc1CC. The first kappa shape index (κ1) is 14.9. The molecule has 0 radical (unpaired) electrons. The molecule has 20 heavy (non-hydrogen) atoms. The maximum atomic E-state index is 5.58. The molecule has 0 bridgehead atoms. The summed E-state index contributed by atoms with van der Waals surface area (Å²) in [5, 5.41) is 8.10. The van der Waals surface area contributed by atoms with Gasteiger partial charge in [0.05, 0.1) is 12.0 Å². The van der Waals surface area contributed by atoms with Crippen molar-refractivity contribution in [2.75, 3.05) is 6.54 Å². The fraction of sp³-hybridized carbons (Fsp3) is 0.562. The Bertz CT molecular complexity index is 542. The Morgan fingerprint density at radius 1 is 1.35 bits per heavy atom. The minimum Gasteiger partial charge on any atom is -0.469 e. The molecule has 0 aliphatic carbocycles. The summed E-state index contributed by atoms with van der Waals surface area (Å²) >= 11 is 0. The lowest BCUT2D eigenvalue weighted by atomic mass is 10.0. The molecule has 2 rings (SSSR count). The van der Waals surface area contributed by atoms with Gasteiger partial charge in [-0.1, -0.05) is 13.8 Å². The lowest BCUT2D eigenvalue weighted by molar-refractivity contribution is 0.478. The highest BCUT2D eigenvalue weighted by molar-refractivity contribution is 5.24. The Balaban J connectivity index is 2.25. The summed E-state index contributed by atoms with van der Waals surface area (Å²) in [6.45, 7) is 10.3. The van der Waals surface area contributed by atoms with Crippen molar-refractivity contribution in [1.82, 2.24) is 15.1 Å². The van der Waals surface area contributed by atoms with Crippen molar-refractivity contribution in [2.24, 2.45) is 0 Å². The summed E-state index contributed by atoms with van der Waals surface area (Å²) in [4.78, 5) is 0. The van der Waals surface area contributed by atoms with Gasteiger partial charge in [-0.2, -0.15) is 5.10 Å². The van der Waals surface area contributed by atoms with Crippen LogP contribution >= 0.6 is 0 Å². The number of furan rings is 1. The summed E-state index contributed by atoms with van der Waals surface area (Å²) in [6.07, 6.45) is 3.66. The molecule has 1 unspecified atom stereocenters. The minimum atomic E-state index is 0.287. The van der Waals surface area contributed by atoms with Gasteiger partial charge in [-0.3, -0.25) is 4.68 Å². The molecular weight excluding hydrogens is 250 g/mol. The third-order valence-electron chi connectivity index (χ3n) is 3.63. The van der Waals surface area contributed by atoms with E-state index < -0.39 is 0 Å². The molecule has 4 nitrogen and oxygen atoms in total. The van der Waals surface area contributed by atoms with Crippen molar-refractivity contribution in [3.8, 4) is 0 Å². The van der Waals surface area contributed by atoms with Crippen LogP contribution in [0, 0.1) is 6.92 Å². The second-order valence-electron chi connectivity index (χ2n) is 5.06. The highest BCUT2D eigenvalue weighted by atomic mass is 16.3. The van der Waals surface area contributed by atoms with Gasteiger partial charge >= 0.3 is 0 Å². The molecule has 0 aliphatic rings. The molecule has 0 saturated carbocycles. The summed E-state index contributed by atoms with van der Waals surface area (Å²) in [5.41, 5.74) is 3.63. The van der Waals surface area contributed by atoms with Crippen molar-refractivity contribution in [3.63, 3.8) is 0 Å². The average Bonchev–Trinajstić information content (AvgIpc) is 3.04. The largest absolute Gasteiger partial charge is 0.469 e. The van der Waals surface area contributed by atoms with E-state index >= 15 is 0 Å². The van der Waals surface area contributed by atoms with E-state index in [4.69, 9.17) is 4.42 Å². The van der Waals surface area contributed by atoms with Crippen LogP contribution in [0.15, 0.2) is 22.8 Å². The number of hydrogen-bond donors (Lipinski definition) is 1. The van der Waals surface area contributed by atoms with Gasteiger partial charge in [0.25, 0.3) is 0 Å². The van der Waals surface area contributed by atoms with Crippen LogP contribution in [0.5, 0.6) is 0 Å². The normalized spacial score (nSPS) is 12.8. The van der Waals surface area contributed by atoms with Crippen LogP contribution in [-0.4, -0.2) is 16.3 Å². The van der Waals surface area contributed by atoms with Crippen LogP contribution in [0.3, 0.4) is 0 Å². The number of likely N-dealkylation sites (N-methyl/N-ethyl adjacent to an activating group) is 1. The summed E-state index contributed by atoms with van der Waals surface area (Å²) in [7, 11) is 0. The zero-order valence-corrected chi connectivity index (χ0v) is 12.9. The van der Waals surface area contributed by atoms with Crippen molar-refractivity contribution in [2.45, 2.75) is 53.1 Å². The van der Waals surface area contributed by atoms with Crippen LogP contribution in [-0.2, 0) is 19.4 Å². The van der Waals surface area contributed by atoms with Crippen LogP contribution in [0.2, 0.25) is 0 Å². The molecule has 2 heterocycles. The van der Waals surface area contributed by atoms with Crippen LogP contribution < -0.4 is 5.32 Å². The molecule has 110 valence electrons. The molecule has 0 fully saturated rings. The predicted molar refractivity (Wildman–Crippen MR) is 80.8 cm³/mol. The summed E-state index contributed by atoms with van der Waals surface area (Å²) < 4.78 is 7.67. The quantitative estimate of drug-likeness (QED) is 0.843. The van der Waals surface area contributed by atoms with Gasteiger partial charge in [0.2, 0.25) is 0 Å². The Hall–Kier alpha value is -1.55. The van der Waals surface area contributed by atoms with Crippen molar-refractivity contribution in [3.05, 3.63) is 41.1 Å². The van der Waals surface area contributed by atoms with Gasteiger partial charge < -0.3 is 9.73 Å². The Morgan fingerprint density at radius 2 is 2.15 bits per heavy atom. The molecule has 1 atom stereocenters. The first-order chi connectivity index (χ1) is 9.69. The lowest BCUT2D eigenvalue weighted by Gasteiger charge is -2.18. The average molecular weight is 275 g/mol. The molecular formula is C16H25N3O. The monoisotopic (exact) mass is 275 g/mol. The third kappa shape index (κ3) is 3.12. The van der Waals surface area contributed by atoms with Gasteiger partial charge in [-0.25, -0.2) is 0 Å². The number of rotatable bonds is 7. The maximum absolute atomic E-state index is 5.58. The van der Waals surface area contributed by atoms with Crippen LogP contribution in [0.4, 0.5) is 0 Å². The maximum Gasteiger partial charge on any atom is 0.108 e. The summed E-state index contributed by atoms with van der Waals surface area (Å²) in [5.74, 6) is 1.08. The van der Waals surface area contributed by atoms with E-state index in [1.165, 1.54) is 11.3 Å². The minimum absolute atomic E-state index is 0.287. The van der Waals surface area contributed by atoms with E-state index in [-0.39, 0.29) is 6.04 Å². The number of nitrogens with one attached hydrogen (secondary N) is 1. The van der Waals surface area contributed by atoms with E-state index in [1.807, 2.05) is 6.92 Å². The van der Waals surface area contributed by atoms with E-state index in [1.54, 1.807) is 6.26 Å². The smallest absolute Gasteiger partial charge is 0.108 e. The van der Waals surface area contributed by atoms with Gasteiger partial charge in [0.15, 0.2) is 0 Å². The highest BCUT2D eigenvalue weighted by Crippen LogP contribution is 2.24. The first-order valence-corrected chi connectivity index (χ1v) is 7.52. The molecule has 0 saturated heterocycles. The number of hydrogen-bond acceptors (Lipinski definition) is 3. The molecule has 2 aromatic heterocycles. The molecule has 0 spiro atoms. The van der Waals surface area contributed by atoms with Gasteiger partial charge in [-0.05, 0) is 32.5 Å². The fourth-order valence-electron chi connectivity index (χ4n) is 2.73. The lowest BCUT2D eigenvalue weighted by Crippen LogP contribution is -2.24. The first-order valence-electron chi connectivity index (χ1n) is 7.52. The van der Waals surface area contributed by atoms with E-state index in [0.29, 0.717) is 0 Å². The molecule has 1 N–H and O–H groups in total. The van der Waals surface area contributed by atoms with Gasteiger partial charge in [0.1, 0.15) is 5.76 Å². The number of nitrogens with zero attached hydrogens (tertiary/aromatic N) is 2. The van der Waals surface area contributed by atoms with Crippen molar-refractivity contribution < 1.29 is 4.42 Å². The van der Waals surface area contributed by atoms with E-state index in [2.05, 4.69) is 48.0 Å². The van der Waals surface area contributed by atoms with Gasteiger partial charge in [-0.15, -0.1) is 0 Å². The third-order valence-corrected chi connectivity index (χ3v) is 3.63. The van der Waals surface area contributed by atoms with Crippen molar-refractivity contribution in [1.29, 1.82) is 0 Å². The van der Waals surface area contributed by atoms with Crippen LogP contribution in [0.1, 0.15) is 49.5 Å². The Labute approximate surface area is 121 Å². The zero-order chi connectivity index (χ0) is 14.5. The number of aryl methyl sites for hydroxylation is 3. The molecule has 4 heteroatoms. The van der Waals surface area contributed by atoms with Crippen molar-refractivity contribution >= 4 is 0 Å². The van der Waals surface area contributed by atoms with Crippen LogP contribution in [0.25, 0.3) is 0 Å². The topological polar surface area (TPSA) is 43.0 Å². The second-order valence-corrected chi connectivity index (χ2v) is 5.06. The standard InChI is InChI=1S/C16H25N3O/c1-5-16-14(8-9-20-16)15(17-6-2)11-13-10-12(4)18-19(13)7-3/h8-10,15,17H,5-7,11H2,1-4H3. The predicted octanol–water partition coefficient (Wildman–Crippen LogP) is 3.26. The van der Waals surface area contributed by atoms with Gasteiger partial charge in [0, 0.05) is 36.7 Å². The summed E-state index contributed by atoms with van der Waals surface area (Å²) in [6, 6.07) is 4.56. The second kappa shape index (κ2) is 6.75. The Morgan fingerprint density at radius 3 is 2.80 bits per heavy atom. The molecule has 0 aliphatic heterocycles. The van der Waals surface area contributed by atoms with E-state index in [0.717, 1.165) is 37.4 Å². The molecule has 0 aromatic carbocycles. The Kier molecular flexibility index (Phi) is 5.01. The zero-order valence-electron chi connectivity index (χ0n) is 12.9. The number of aromatic nitrogens is 2. The highest BCUT2D eigenvalue weighted by Gasteiger charge is 2.18.